The maximum atomic E-state index is 5.55. The Bertz CT molecular complexity index is 177. The topological polar surface area (TPSA) is 33.3 Å². The molecule has 0 amide bonds. The van der Waals surface area contributed by atoms with Crippen LogP contribution in [-0.2, 0) is 4.74 Å². The van der Waals surface area contributed by atoms with E-state index in [1.165, 1.54) is 38.5 Å². The third-order valence-electron chi connectivity index (χ3n) is 3.56. The quantitative estimate of drug-likeness (QED) is 0.585. The molecule has 0 radical (unpaired) electrons. The first-order chi connectivity index (χ1) is 7.95. The van der Waals surface area contributed by atoms with E-state index >= 15 is 0 Å². The van der Waals surface area contributed by atoms with Crippen molar-refractivity contribution in [3.63, 3.8) is 0 Å². The lowest BCUT2D eigenvalue weighted by Gasteiger charge is -2.12. The SMILES string of the molecule is C1CCC(NCCNCCOCC2CC2)C1. The number of hydrogen-bond donors (Lipinski definition) is 2. The van der Waals surface area contributed by atoms with Gasteiger partial charge in [-0.05, 0) is 31.6 Å². The van der Waals surface area contributed by atoms with Crippen molar-refractivity contribution >= 4 is 0 Å². The summed E-state index contributed by atoms with van der Waals surface area (Å²) >= 11 is 0. The molecule has 0 saturated heterocycles. The Kier molecular flexibility index (Phi) is 5.59. The van der Waals surface area contributed by atoms with Gasteiger partial charge >= 0.3 is 0 Å². The molecule has 94 valence electrons. The highest BCUT2D eigenvalue weighted by molar-refractivity contribution is 4.73. The number of hydrogen-bond acceptors (Lipinski definition) is 3. The number of ether oxygens (including phenoxy) is 1. The van der Waals surface area contributed by atoms with E-state index in [9.17, 15) is 0 Å². The lowest BCUT2D eigenvalue weighted by molar-refractivity contribution is 0.126. The van der Waals surface area contributed by atoms with Gasteiger partial charge in [0.15, 0.2) is 0 Å². The molecule has 2 fully saturated rings. The predicted molar refractivity (Wildman–Crippen MR) is 66.7 cm³/mol. The van der Waals surface area contributed by atoms with Gasteiger partial charge in [-0.2, -0.15) is 0 Å². The molecule has 0 atom stereocenters. The van der Waals surface area contributed by atoms with Crippen molar-refractivity contribution in [1.29, 1.82) is 0 Å². The molecular weight excluding hydrogens is 200 g/mol. The van der Waals surface area contributed by atoms with E-state index in [0.29, 0.717) is 0 Å². The Morgan fingerprint density at radius 3 is 2.50 bits per heavy atom. The predicted octanol–water partition coefficient (Wildman–Crippen LogP) is 1.53. The molecule has 2 saturated carbocycles. The Morgan fingerprint density at radius 1 is 0.938 bits per heavy atom. The van der Waals surface area contributed by atoms with E-state index in [2.05, 4.69) is 10.6 Å². The minimum Gasteiger partial charge on any atom is -0.380 e. The molecule has 2 aliphatic carbocycles. The van der Waals surface area contributed by atoms with Gasteiger partial charge in [-0.3, -0.25) is 0 Å². The Morgan fingerprint density at radius 2 is 1.75 bits per heavy atom. The molecule has 3 nitrogen and oxygen atoms in total. The number of rotatable bonds is 9. The van der Waals surface area contributed by atoms with Crippen molar-refractivity contribution in [2.75, 3.05) is 32.8 Å². The summed E-state index contributed by atoms with van der Waals surface area (Å²) in [5.41, 5.74) is 0. The summed E-state index contributed by atoms with van der Waals surface area (Å²) in [6.07, 6.45) is 8.37. The van der Waals surface area contributed by atoms with Crippen molar-refractivity contribution in [3.8, 4) is 0 Å². The van der Waals surface area contributed by atoms with Crippen LogP contribution in [0.5, 0.6) is 0 Å². The van der Waals surface area contributed by atoms with Gasteiger partial charge in [0.05, 0.1) is 6.61 Å². The summed E-state index contributed by atoms with van der Waals surface area (Å²) in [4.78, 5) is 0. The summed E-state index contributed by atoms with van der Waals surface area (Å²) in [5.74, 6) is 0.893. The molecule has 0 bridgehead atoms. The van der Waals surface area contributed by atoms with Crippen molar-refractivity contribution < 1.29 is 4.74 Å². The van der Waals surface area contributed by atoms with Crippen LogP contribution >= 0.6 is 0 Å². The van der Waals surface area contributed by atoms with Gasteiger partial charge in [0, 0.05) is 32.3 Å². The highest BCUT2D eigenvalue weighted by Gasteiger charge is 2.20. The van der Waals surface area contributed by atoms with Gasteiger partial charge in [0.25, 0.3) is 0 Å². The van der Waals surface area contributed by atoms with E-state index in [1.807, 2.05) is 0 Å². The van der Waals surface area contributed by atoms with Crippen LogP contribution in [0, 0.1) is 5.92 Å². The van der Waals surface area contributed by atoms with Crippen LogP contribution in [0.4, 0.5) is 0 Å². The van der Waals surface area contributed by atoms with Crippen LogP contribution in [-0.4, -0.2) is 38.9 Å². The molecule has 3 heteroatoms. The largest absolute Gasteiger partial charge is 0.380 e. The third-order valence-corrected chi connectivity index (χ3v) is 3.56. The summed E-state index contributed by atoms with van der Waals surface area (Å²) < 4.78 is 5.55. The molecule has 2 N–H and O–H groups in total. The zero-order valence-electron chi connectivity index (χ0n) is 10.3. The van der Waals surface area contributed by atoms with Crippen molar-refractivity contribution in [2.24, 2.45) is 5.92 Å². The fraction of sp³-hybridized carbons (Fsp3) is 1.00. The minimum absolute atomic E-state index is 0.799. The maximum Gasteiger partial charge on any atom is 0.0591 e. The standard InChI is InChI=1S/C13H26N2O/c1-2-4-13(3-1)15-8-7-14-9-10-16-11-12-5-6-12/h12-15H,1-11H2. The molecule has 2 rings (SSSR count). The first-order valence-electron chi connectivity index (χ1n) is 6.97. The van der Waals surface area contributed by atoms with Crippen LogP contribution in [0.15, 0.2) is 0 Å². The van der Waals surface area contributed by atoms with Gasteiger partial charge in [0.2, 0.25) is 0 Å². The third kappa shape index (κ3) is 5.28. The molecule has 0 aromatic heterocycles. The van der Waals surface area contributed by atoms with Crippen molar-refractivity contribution in [3.05, 3.63) is 0 Å². The second kappa shape index (κ2) is 7.25. The molecule has 0 aromatic carbocycles. The average Bonchev–Trinajstić information content (AvgIpc) is 2.97. The minimum atomic E-state index is 0.799. The van der Waals surface area contributed by atoms with Crippen LogP contribution in [0.25, 0.3) is 0 Å². The van der Waals surface area contributed by atoms with Crippen LogP contribution in [0.1, 0.15) is 38.5 Å². The van der Waals surface area contributed by atoms with E-state index in [-0.39, 0.29) is 0 Å². The lowest BCUT2D eigenvalue weighted by atomic mass is 10.2. The van der Waals surface area contributed by atoms with Gasteiger partial charge in [-0.1, -0.05) is 12.8 Å². The molecule has 2 aliphatic rings. The van der Waals surface area contributed by atoms with E-state index in [0.717, 1.165) is 44.8 Å². The number of nitrogens with one attached hydrogen (secondary N) is 2. The first kappa shape index (κ1) is 12.3. The molecule has 0 spiro atoms. The summed E-state index contributed by atoms with van der Waals surface area (Å²) in [6.45, 7) is 5.04. The lowest BCUT2D eigenvalue weighted by Crippen LogP contribution is -2.34. The zero-order valence-corrected chi connectivity index (χ0v) is 10.3. The van der Waals surface area contributed by atoms with Gasteiger partial charge < -0.3 is 15.4 Å². The van der Waals surface area contributed by atoms with E-state index < -0.39 is 0 Å². The van der Waals surface area contributed by atoms with Crippen LogP contribution < -0.4 is 10.6 Å². The summed E-state index contributed by atoms with van der Waals surface area (Å²) in [7, 11) is 0. The Balaban J connectivity index is 1.29. The second-order valence-electron chi connectivity index (χ2n) is 5.20. The molecular formula is C13H26N2O. The highest BCUT2D eigenvalue weighted by atomic mass is 16.5. The van der Waals surface area contributed by atoms with Gasteiger partial charge in [-0.25, -0.2) is 0 Å². The molecule has 16 heavy (non-hydrogen) atoms. The molecule has 0 aliphatic heterocycles. The van der Waals surface area contributed by atoms with Crippen LogP contribution in [0.2, 0.25) is 0 Å². The maximum absolute atomic E-state index is 5.55. The summed E-state index contributed by atoms with van der Waals surface area (Å²) in [6, 6.07) is 0.799. The van der Waals surface area contributed by atoms with Crippen LogP contribution in [0.3, 0.4) is 0 Å². The highest BCUT2D eigenvalue weighted by Crippen LogP contribution is 2.28. The van der Waals surface area contributed by atoms with Crippen molar-refractivity contribution in [2.45, 2.75) is 44.6 Å². The molecule has 0 aromatic rings. The van der Waals surface area contributed by atoms with Crippen molar-refractivity contribution in [1.82, 2.24) is 10.6 Å². The fourth-order valence-corrected chi connectivity index (χ4v) is 2.30. The van der Waals surface area contributed by atoms with E-state index in [1.54, 1.807) is 0 Å². The second-order valence-corrected chi connectivity index (χ2v) is 5.20. The zero-order chi connectivity index (χ0) is 11.1. The molecule has 0 heterocycles. The summed E-state index contributed by atoms with van der Waals surface area (Å²) in [5, 5.41) is 7.01. The Hall–Kier alpha value is -0.120. The van der Waals surface area contributed by atoms with E-state index in [4.69, 9.17) is 4.74 Å². The van der Waals surface area contributed by atoms with Gasteiger partial charge in [0.1, 0.15) is 0 Å². The molecule has 0 unspecified atom stereocenters. The Labute approximate surface area is 99.3 Å². The fourth-order valence-electron chi connectivity index (χ4n) is 2.30. The smallest absolute Gasteiger partial charge is 0.0591 e. The monoisotopic (exact) mass is 226 g/mol. The van der Waals surface area contributed by atoms with Gasteiger partial charge in [-0.15, -0.1) is 0 Å². The normalized spacial score (nSPS) is 21.8. The first-order valence-corrected chi connectivity index (χ1v) is 6.97. The average molecular weight is 226 g/mol.